The van der Waals surface area contributed by atoms with E-state index in [1.165, 1.54) is 0 Å². The van der Waals surface area contributed by atoms with Gasteiger partial charge in [0, 0.05) is 11.4 Å². The van der Waals surface area contributed by atoms with Gasteiger partial charge < -0.3 is 10.5 Å². The number of nitrogens with two attached hydrogens (primary N) is 1. The van der Waals surface area contributed by atoms with E-state index in [9.17, 15) is 5.26 Å². The predicted octanol–water partition coefficient (Wildman–Crippen LogP) is 3.86. The van der Waals surface area contributed by atoms with Gasteiger partial charge in [-0.25, -0.2) is 4.98 Å². The van der Waals surface area contributed by atoms with Crippen molar-refractivity contribution in [2.24, 2.45) is 0 Å². The Balaban J connectivity index is 1.99. The van der Waals surface area contributed by atoms with Gasteiger partial charge in [0.05, 0.1) is 5.02 Å². The monoisotopic (exact) mass is 299 g/mol. The Labute approximate surface area is 128 Å². The van der Waals surface area contributed by atoms with Crippen molar-refractivity contribution in [1.82, 2.24) is 4.98 Å². The Morgan fingerprint density at radius 3 is 2.81 bits per heavy atom. The molecule has 1 aromatic carbocycles. The van der Waals surface area contributed by atoms with E-state index in [4.69, 9.17) is 22.1 Å². The molecule has 1 aliphatic carbocycles. The Morgan fingerprint density at radius 1 is 1.24 bits per heavy atom. The molecule has 0 fully saturated rings. The fraction of sp³-hybridized carbons (Fsp3) is 0.250. The third-order valence-electron chi connectivity index (χ3n) is 3.55. The first-order valence-electron chi connectivity index (χ1n) is 6.83. The van der Waals surface area contributed by atoms with E-state index in [0.29, 0.717) is 27.9 Å². The highest BCUT2D eigenvalue weighted by Gasteiger charge is 2.17. The number of aromatic nitrogens is 1. The van der Waals surface area contributed by atoms with Gasteiger partial charge in [0.1, 0.15) is 17.4 Å². The van der Waals surface area contributed by atoms with E-state index in [2.05, 4.69) is 11.1 Å². The van der Waals surface area contributed by atoms with Crippen molar-refractivity contribution in [1.29, 1.82) is 5.26 Å². The van der Waals surface area contributed by atoms with Crippen LogP contribution in [0.15, 0.2) is 24.3 Å². The Kier molecular flexibility index (Phi) is 3.68. The number of pyridine rings is 1. The second kappa shape index (κ2) is 5.63. The number of hydrogen-bond acceptors (Lipinski definition) is 4. The number of nitrogens with zero attached hydrogens (tertiary/aromatic N) is 2. The van der Waals surface area contributed by atoms with Crippen molar-refractivity contribution < 1.29 is 4.74 Å². The zero-order valence-corrected chi connectivity index (χ0v) is 12.2. The van der Waals surface area contributed by atoms with Crippen molar-refractivity contribution >= 4 is 17.3 Å². The molecular formula is C16H14ClN3O. The van der Waals surface area contributed by atoms with Crippen LogP contribution in [0.3, 0.4) is 0 Å². The molecule has 0 saturated carbocycles. The van der Waals surface area contributed by atoms with Crippen molar-refractivity contribution in [3.63, 3.8) is 0 Å². The molecule has 0 amide bonds. The van der Waals surface area contributed by atoms with Crippen LogP contribution < -0.4 is 10.5 Å². The molecule has 3 rings (SSSR count). The number of ether oxygens (including phenoxy) is 1. The molecule has 0 radical (unpaired) electrons. The predicted molar refractivity (Wildman–Crippen MR) is 81.5 cm³/mol. The first-order valence-corrected chi connectivity index (χ1v) is 7.21. The highest BCUT2D eigenvalue weighted by Crippen LogP contribution is 2.33. The Morgan fingerprint density at radius 2 is 2.05 bits per heavy atom. The van der Waals surface area contributed by atoms with Crippen LogP contribution in [0, 0.1) is 11.3 Å². The lowest BCUT2D eigenvalue weighted by Gasteiger charge is -2.17. The molecule has 106 valence electrons. The number of nitriles is 1. The van der Waals surface area contributed by atoms with Crippen LogP contribution in [0.25, 0.3) is 0 Å². The summed E-state index contributed by atoms with van der Waals surface area (Å²) in [5.41, 5.74) is 8.82. The third-order valence-corrected chi connectivity index (χ3v) is 3.84. The first kappa shape index (κ1) is 13.7. The van der Waals surface area contributed by atoms with Crippen molar-refractivity contribution in [3.8, 4) is 17.7 Å². The highest BCUT2D eigenvalue weighted by molar-refractivity contribution is 6.32. The molecule has 0 bridgehead atoms. The van der Waals surface area contributed by atoms with E-state index in [1.807, 2.05) is 6.07 Å². The molecule has 0 aliphatic heterocycles. The van der Waals surface area contributed by atoms with Crippen LogP contribution in [0.5, 0.6) is 11.6 Å². The van der Waals surface area contributed by atoms with Crippen molar-refractivity contribution in [3.05, 3.63) is 46.1 Å². The van der Waals surface area contributed by atoms with Crippen molar-refractivity contribution in [2.75, 3.05) is 5.73 Å². The average molecular weight is 300 g/mol. The maximum Gasteiger partial charge on any atom is 0.237 e. The van der Waals surface area contributed by atoms with Crippen LogP contribution in [-0.4, -0.2) is 4.98 Å². The minimum atomic E-state index is 0.310. The van der Waals surface area contributed by atoms with Gasteiger partial charge in [-0.15, -0.1) is 0 Å². The van der Waals surface area contributed by atoms with E-state index in [0.717, 1.165) is 36.9 Å². The molecular weight excluding hydrogens is 286 g/mol. The summed E-state index contributed by atoms with van der Waals surface area (Å²) in [6.45, 7) is 0. The first-order chi connectivity index (χ1) is 10.2. The summed E-state index contributed by atoms with van der Waals surface area (Å²) < 4.78 is 5.73. The molecule has 0 atom stereocenters. The molecule has 1 heterocycles. The minimum absolute atomic E-state index is 0.310. The quantitative estimate of drug-likeness (QED) is 0.855. The molecule has 1 aliphatic rings. The zero-order valence-electron chi connectivity index (χ0n) is 11.4. The van der Waals surface area contributed by atoms with Gasteiger partial charge in [-0.3, -0.25) is 0 Å². The molecule has 1 aromatic heterocycles. The van der Waals surface area contributed by atoms with Crippen LogP contribution >= 0.6 is 11.6 Å². The van der Waals surface area contributed by atoms with Gasteiger partial charge in [0.2, 0.25) is 5.88 Å². The molecule has 2 N–H and O–H groups in total. The summed E-state index contributed by atoms with van der Waals surface area (Å²) >= 11 is 6.10. The Bertz CT molecular complexity index is 737. The number of rotatable bonds is 2. The molecule has 0 unspecified atom stereocenters. The summed E-state index contributed by atoms with van der Waals surface area (Å²) in [6, 6.07) is 9.01. The van der Waals surface area contributed by atoms with Gasteiger partial charge in [-0.2, -0.15) is 5.26 Å². The largest absolute Gasteiger partial charge is 0.436 e. The molecule has 0 spiro atoms. The van der Waals surface area contributed by atoms with Crippen molar-refractivity contribution in [2.45, 2.75) is 25.7 Å². The Hall–Kier alpha value is -2.25. The molecule has 21 heavy (non-hydrogen) atoms. The topological polar surface area (TPSA) is 71.9 Å². The fourth-order valence-corrected chi connectivity index (χ4v) is 2.70. The van der Waals surface area contributed by atoms with E-state index < -0.39 is 0 Å². The number of aryl methyl sites for hydroxylation is 2. The van der Waals surface area contributed by atoms with Gasteiger partial charge in [0.25, 0.3) is 0 Å². The highest BCUT2D eigenvalue weighted by atomic mass is 35.5. The maximum absolute atomic E-state index is 9.29. The summed E-state index contributed by atoms with van der Waals surface area (Å²) in [5.74, 6) is 0.760. The number of halogens is 1. The molecule has 4 nitrogen and oxygen atoms in total. The van der Waals surface area contributed by atoms with Crippen LogP contribution in [0.1, 0.15) is 29.7 Å². The van der Waals surface area contributed by atoms with Gasteiger partial charge in [0.15, 0.2) is 0 Å². The lowest BCUT2D eigenvalue weighted by Crippen LogP contribution is -2.07. The van der Waals surface area contributed by atoms with Gasteiger partial charge >= 0.3 is 0 Å². The number of hydrogen-bond donors (Lipinski definition) is 1. The number of benzene rings is 1. The van der Waals surface area contributed by atoms with Crippen LogP contribution in [0.2, 0.25) is 5.02 Å². The van der Waals surface area contributed by atoms with Gasteiger partial charge in [-0.1, -0.05) is 11.6 Å². The number of nitrogen functional groups attached to an aromatic ring is 1. The summed E-state index contributed by atoms with van der Waals surface area (Å²) in [5, 5.41) is 9.69. The second-order valence-corrected chi connectivity index (χ2v) is 5.46. The van der Waals surface area contributed by atoms with E-state index >= 15 is 0 Å². The summed E-state index contributed by atoms with van der Waals surface area (Å²) in [4.78, 5) is 4.51. The van der Waals surface area contributed by atoms with E-state index in [-0.39, 0.29) is 0 Å². The van der Waals surface area contributed by atoms with Crippen LogP contribution in [0.4, 0.5) is 5.69 Å². The molecule has 0 saturated heterocycles. The smallest absolute Gasteiger partial charge is 0.237 e. The van der Waals surface area contributed by atoms with Gasteiger partial charge in [-0.05, 0) is 55.5 Å². The molecule has 5 heteroatoms. The maximum atomic E-state index is 9.29. The lowest BCUT2D eigenvalue weighted by molar-refractivity contribution is 0.456. The SMILES string of the molecule is N#Cc1cc2c(nc1Oc1ccc(N)cc1Cl)CCCC2. The normalized spacial score (nSPS) is 13.3. The number of anilines is 1. The average Bonchev–Trinajstić information content (AvgIpc) is 2.49. The molecule has 2 aromatic rings. The summed E-state index contributed by atoms with van der Waals surface area (Å²) in [7, 11) is 0. The lowest BCUT2D eigenvalue weighted by atomic mass is 9.95. The number of fused-ring (bicyclic) bond motifs is 1. The standard InChI is InChI=1S/C16H14ClN3O/c17-13-8-12(19)5-6-15(13)21-16-11(9-18)7-10-3-1-2-4-14(10)20-16/h5-8H,1-4,19H2. The third kappa shape index (κ3) is 2.79. The second-order valence-electron chi connectivity index (χ2n) is 5.06. The zero-order chi connectivity index (χ0) is 14.8. The fourth-order valence-electron chi connectivity index (χ4n) is 2.48. The van der Waals surface area contributed by atoms with Crippen LogP contribution in [-0.2, 0) is 12.8 Å². The van der Waals surface area contributed by atoms with E-state index in [1.54, 1.807) is 18.2 Å². The minimum Gasteiger partial charge on any atom is -0.436 e. The summed E-state index contributed by atoms with van der Waals surface area (Å²) in [6.07, 6.45) is 4.16.